The summed E-state index contributed by atoms with van der Waals surface area (Å²) in [5.41, 5.74) is 1.17. The fourth-order valence-corrected chi connectivity index (χ4v) is 2.16. The number of thiazole rings is 1. The van der Waals surface area contributed by atoms with Crippen LogP contribution in [0.4, 0.5) is 5.13 Å². The van der Waals surface area contributed by atoms with Gasteiger partial charge >= 0.3 is 0 Å². The highest BCUT2D eigenvalue weighted by Gasteiger charge is 2.24. The monoisotopic (exact) mass is 228 g/mol. The lowest BCUT2D eigenvalue weighted by Crippen LogP contribution is -2.34. The quantitative estimate of drug-likeness (QED) is 0.832. The van der Waals surface area contributed by atoms with Crippen molar-refractivity contribution in [2.75, 3.05) is 11.9 Å². The number of aliphatic hydroxyl groups is 1. The lowest BCUT2D eigenvalue weighted by molar-refractivity contribution is 0.235. The molecule has 1 aromatic rings. The number of hydrogen-bond donors (Lipinski definition) is 2. The van der Waals surface area contributed by atoms with Crippen LogP contribution in [0.1, 0.15) is 32.9 Å². The molecule has 86 valence electrons. The molecule has 1 unspecified atom stereocenters. The van der Waals surface area contributed by atoms with Gasteiger partial charge in [0.2, 0.25) is 0 Å². The zero-order valence-electron chi connectivity index (χ0n) is 9.87. The summed E-state index contributed by atoms with van der Waals surface area (Å²) in [5.74, 6) is 0. The number of rotatable bonds is 4. The Labute approximate surface area is 95.6 Å². The molecule has 1 atom stereocenters. The Balaban J connectivity index is 2.66. The highest BCUT2D eigenvalue weighted by molar-refractivity contribution is 7.13. The average Bonchev–Trinajstić information content (AvgIpc) is 2.49. The summed E-state index contributed by atoms with van der Waals surface area (Å²) in [6.07, 6.45) is 0.752. The van der Waals surface area contributed by atoms with Gasteiger partial charge in [-0.15, -0.1) is 11.3 Å². The molecule has 0 saturated carbocycles. The number of anilines is 1. The van der Waals surface area contributed by atoms with Gasteiger partial charge < -0.3 is 10.4 Å². The Kier molecular flexibility index (Phi) is 4.11. The molecule has 0 spiro atoms. The van der Waals surface area contributed by atoms with E-state index in [9.17, 15) is 0 Å². The van der Waals surface area contributed by atoms with Gasteiger partial charge in [-0.3, -0.25) is 0 Å². The fraction of sp³-hybridized carbons (Fsp3) is 0.727. The molecule has 2 N–H and O–H groups in total. The minimum absolute atomic E-state index is 0.127. The Morgan fingerprint density at radius 3 is 2.60 bits per heavy atom. The molecule has 0 aliphatic carbocycles. The SMILES string of the molecule is Cc1csc(NC(CCO)C(C)(C)C)n1. The summed E-state index contributed by atoms with van der Waals surface area (Å²) in [4.78, 5) is 4.37. The lowest BCUT2D eigenvalue weighted by atomic mass is 9.85. The minimum Gasteiger partial charge on any atom is -0.396 e. The van der Waals surface area contributed by atoms with Crippen LogP contribution in [0.3, 0.4) is 0 Å². The molecule has 0 radical (unpaired) electrons. The zero-order valence-corrected chi connectivity index (χ0v) is 10.7. The predicted octanol–water partition coefficient (Wildman–Crippen LogP) is 2.66. The molecule has 15 heavy (non-hydrogen) atoms. The van der Waals surface area contributed by atoms with Crippen molar-refractivity contribution in [1.82, 2.24) is 4.98 Å². The van der Waals surface area contributed by atoms with E-state index < -0.39 is 0 Å². The van der Waals surface area contributed by atoms with E-state index in [0.29, 0.717) is 0 Å². The molecule has 0 fully saturated rings. The van der Waals surface area contributed by atoms with Crippen LogP contribution in [0.2, 0.25) is 0 Å². The van der Waals surface area contributed by atoms with Crippen LogP contribution in [-0.2, 0) is 0 Å². The Morgan fingerprint density at radius 1 is 1.53 bits per heavy atom. The van der Waals surface area contributed by atoms with Crippen molar-refractivity contribution in [3.05, 3.63) is 11.1 Å². The van der Waals surface area contributed by atoms with Gasteiger partial charge in [0, 0.05) is 18.0 Å². The van der Waals surface area contributed by atoms with E-state index >= 15 is 0 Å². The summed E-state index contributed by atoms with van der Waals surface area (Å²) < 4.78 is 0. The van der Waals surface area contributed by atoms with E-state index in [1.807, 2.05) is 12.3 Å². The molecule has 0 aliphatic heterocycles. The number of aromatic nitrogens is 1. The summed E-state index contributed by atoms with van der Waals surface area (Å²) >= 11 is 1.62. The third-order valence-electron chi connectivity index (χ3n) is 2.38. The van der Waals surface area contributed by atoms with Crippen LogP contribution in [0.25, 0.3) is 0 Å². The van der Waals surface area contributed by atoms with Crippen LogP contribution in [0, 0.1) is 12.3 Å². The first-order valence-corrected chi connectivity index (χ1v) is 6.11. The van der Waals surface area contributed by atoms with Gasteiger partial charge in [-0.25, -0.2) is 4.98 Å². The Morgan fingerprint density at radius 2 is 2.20 bits per heavy atom. The summed E-state index contributed by atoms with van der Waals surface area (Å²) in [5, 5.41) is 15.4. The molecule has 3 nitrogen and oxygen atoms in total. The minimum atomic E-state index is 0.127. The first-order valence-electron chi connectivity index (χ1n) is 5.23. The molecular formula is C11H20N2OS. The average molecular weight is 228 g/mol. The molecule has 0 aliphatic rings. The van der Waals surface area contributed by atoms with Gasteiger partial charge in [-0.2, -0.15) is 0 Å². The molecular weight excluding hydrogens is 208 g/mol. The van der Waals surface area contributed by atoms with Crippen molar-refractivity contribution in [3.8, 4) is 0 Å². The van der Waals surface area contributed by atoms with Gasteiger partial charge in [-0.1, -0.05) is 20.8 Å². The van der Waals surface area contributed by atoms with Crippen LogP contribution < -0.4 is 5.32 Å². The van der Waals surface area contributed by atoms with Gasteiger partial charge in [0.15, 0.2) is 5.13 Å². The van der Waals surface area contributed by atoms with E-state index in [4.69, 9.17) is 5.11 Å². The number of nitrogens with one attached hydrogen (secondary N) is 1. The Hall–Kier alpha value is -0.610. The van der Waals surface area contributed by atoms with Crippen molar-refractivity contribution >= 4 is 16.5 Å². The molecule has 0 saturated heterocycles. The molecule has 1 aromatic heterocycles. The normalized spacial score (nSPS) is 13.9. The van der Waals surface area contributed by atoms with Crippen LogP contribution >= 0.6 is 11.3 Å². The smallest absolute Gasteiger partial charge is 0.183 e. The van der Waals surface area contributed by atoms with Gasteiger partial charge in [0.1, 0.15) is 0 Å². The van der Waals surface area contributed by atoms with E-state index in [2.05, 4.69) is 31.1 Å². The van der Waals surface area contributed by atoms with Crippen molar-refractivity contribution in [1.29, 1.82) is 0 Å². The van der Waals surface area contributed by atoms with Crippen molar-refractivity contribution in [3.63, 3.8) is 0 Å². The van der Waals surface area contributed by atoms with Gasteiger partial charge in [0.05, 0.1) is 5.69 Å². The summed E-state index contributed by atoms with van der Waals surface area (Å²) in [6.45, 7) is 8.70. The maximum Gasteiger partial charge on any atom is 0.183 e. The molecule has 1 heterocycles. The maximum absolute atomic E-state index is 9.03. The van der Waals surface area contributed by atoms with Crippen molar-refractivity contribution in [2.24, 2.45) is 5.41 Å². The molecule has 1 rings (SSSR count). The molecule has 0 aromatic carbocycles. The topological polar surface area (TPSA) is 45.1 Å². The molecule has 4 heteroatoms. The van der Waals surface area contributed by atoms with Crippen LogP contribution in [-0.4, -0.2) is 22.7 Å². The van der Waals surface area contributed by atoms with E-state index in [0.717, 1.165) is 17.2 Å². The second-order valence-electron chi connectivity index (χ2n) is 4.87. The van der Waals surface area contributed by atoms with E-state index in [1.54, 1.807) is 11.3 Å². The maximum atomic E-state index is 9.03. The second-order valence-corrected chi connectivity index (χ2v) is 5.73. The largest absolute Gasteiger partial charge is 0.396 e. The van der Waals surface area contributed by atoms with E-state index in [-0.39, 0.29) is 18.1 Å². The number of aryl methyl sites for hydroxylation is 1. The van der Waals surface area contributed by atoms with Crippen molar-refractivity contribution < 1.29 is 5.11 Å². The number of nitrogens with zero attached hydrogens (tertiary/aromatic N) is 1. The third kappa shape index (κ3) is 3.80. The highest BCUT2D eigenvalue weighted by Crippen LogP contribution is 2.26. The first kappa shape index (κ1) is 12.5. The first-order chi connectivity index (χ1) is 6.93. The van der Waals surface area contributed by atoms with Crippen LogP contribution in [0.15, 0.2) is 5.38 Å². The van der Waals surface area contributed by atoms with Gasteiger partial charge in [-0.05, 0) is 18.8 Å². The lowest BCUT2D eigenvalue weighted by Gasteiger charge is -2.30. The van der Waals surface area contributed by atoms with Crippen LogP contribution in [0.5, 0.6) is 0 Å². The Bertz CT molecular complexity index is 304. The predicted molar refractivity (Wildman–Crippen MR) is 65.4 cm³/mol. The summed E-state index contributed by atoms with van der Waals surface area (Å²) in [6, 6.07) is 0.257. The van der Waals surface area contributed by atoms with E-state index in [1.165, 1.54) is 0 Å². The van der Waals surface area contributed by atoms with Gasteiger partial charge in [0.25, 0.3) is 0 Å². The highest BCUT2D eigenvalue weighted by atomic mass is 32.1. The molecule has 0 amide bonds. The van der Waals surface area contributed by atoms with Crippen molar-refractivity contribution in [2.45, 2.75) is 40.2 Å². The number of aliphatic hydroxyl groups excluding tert-OH is 1. The standard InChI is InChI=1S/C11H20N2OS/c1-8-7-15-10(12-8)13-9(5-6-14)11(2,3)4/h7,9,14H,5-6H2,1-4H3,(H,12,13). The third-order valence-corrected chi connectivity index (χ3v) is 3.27. The summed E-state index contributed by atoms with van der Waals surface area (Å²) in [7, 11) is 0. The zero-order chi connectivity index (χ0) is 11.5. The second kappa shape index (κ2) is 4.94. The fourth-order valence-electron chi connectivity index (χ4n) is 1.42. The number of hydrogen-bond acceptors (Lipinski definition) is 4. The molecule has 0 bridgehead atoms.